The van der Waals surface area contributed by atoms with E-state index in [1.165, 1.54) is 0 Å². The number of carbonyl (C=O) groups excluding carboxylic acids is 1. The van der Waals surface area contributed by atoms with E-state index in [9.17, 15) is 4.79 Å². The highest BCUT2D eigenvalue weighted by molar-refractivity contribution is 9.10. The Labute approximate surface area is 162 Å². The van der Waals surface area contributed by atoms with Gasteiger partial charge in [-0.1, -0.05) is 15.9 Å². The number of amides is 1. The first-order valence-electron chi connectivity index (χ1n) is 8.77. The minimum atomic E-state index is -0.364. The number of nitrogens with one attached hydrogen (secondary N) is 2. The Balaban J connectivity index is 1.47. The summed E-state index contributed by atoms with van der Waals surface area (Å²) in [6, 6.07) is 14.8. The van der Waals surface area contributed by atoms with Crippen LogP contribution in [0, 0.1) is 0 Å². The first kappa shape index (κ1) is 18.7. The Kier molecular flexibility index (Phi) is 6.52. The molecule has 0 bridgehead atoms. The maximum absolute atomic E-state index is 12.3. The molecule has 1 heterocycles. The summed E-state index contributed by atoms with van der Waals surface area (Å²) in [5.41, 5.74) is 1.64. The Morgan fingerprint density at radius 3 is 2.54 bits per heavy atom. The molecule has 2 aromatic carbocycles. The molecular formula is C20H23BrN2O3. The Bertz CT molecular complexity index is 713. The average Bonchev–Trinajstić information content (AvgIpc) is 3.16. The van der Waals surface area contributed by atoms with E-state index in [4.69, 9.17) is 9.47 Å². The summed E-state index contributed by atoms with van der Waals surface area (Å²) >= 11 is 3.38. The molecule has 0 spiro atoms. The number of rotatable bonds is 7. The molecule has 1 aliphatic heterocycles. The number of hydrogen-bond donors (Lipinski definition) is 2. The van der Waals surface area contributed by atoms with Crippen molar-refractivity contribution in [3.63, 3.8) is 0 Å². The van der Waals surface area contributed by atoms with E-state index < -0.39 is 0 Å². The van der Waals surface area contributed by atoms with Crippen LogP contribution in [-0.2, 0) is 9.53 Å². The fourth-order valence-electron chi connectivity index (χ4n) is 2.71. The van der Waals surface area contributed by atoms with Crippen LogP contribution in [0.25, 0.3) is 0 Å². The van der Waals surface area contributed by atoms with Gasteiger partial charge in [-0.25, -0.2) is 0 Å². The Hall–Kier alpha value is -2.05. The maximum Gasteiger partial charge on any atom is 0.246 e. The lowest BCUT2D eigenvalue weighted by molar-refractivity contribution is -0.116. The zero-order valence-electron chi connectivity index (χ0n) is 14.7. The molecule has 5 nitrogen and oxygen atoms in total. The van der Waals surface area contributed by atoms with Gasteiger partial charge < -0.3 is 20.1 Å². The summed E-state index contributed by atoms with van der Waals surface area (Å²) in [6.07, 6.45) is 2.37. The lowest BCUT2D eigenvalue weighted by Crippen LogP contribution is -2.31. The third-order valence-corrected chi connectivity index (χ3v) is 4.73. The molecule has 138 valence electrons. The van der Waals surface area contributed by atoms with Crippen LogP contribution in [-0.4, -0.2) is 31.3 Å². The molecule has 2 unspecified atom stereocenters. The summed E-state index contributed by atoms with van der Waals surface area (Å²) in [5, 5.41) is 6.09. The van der Waals surface area contributed by atoms with Gasteiger partial charge in [-0.3, -0.25) is 4.79 Å². The highest BCUT2D eigenvalue weighted by Gasteiger charge is 2.16. The second-order valence-corrected chi connectivity index (χ2v) is 7.25. The van der Waals surface area contributed by atoms with Crippen molar-refractivity contribution < 1.29 is 14.3 Å². The predicted molar refractivity (Wildman–Crippen MR) is 107 cm³/mol. The topological polar surface area (TPSA) is 59.6 Å². The van der Waals surface area contributed by atoms with Crippen LogP contribution < -0.4 is 15.4 Å². The SMILES string of the molecule is CC(Nc1ccc(OCC2CCCO2)cc1)C(=O)Nc1ccc(Br)cc1. The molecule has 2 N–H and O–H groups in total. The zero-order chi connectivity index (χ0) is 18.4. The molecule has 1 amide bonds. The fourth-order valence-corrected chi connectivity index (χ4v) is 2.98. The molecule has 6 heteroatoms. The van der Waals surface area contributed by atoms with Crippen LogP contribution in [0.3, 0.4) is 0 Å². The van der Waals surface area contributed by atoms with Crippen molar-refractivity contribution in [1.29, 1.82) is 0 Å². The molecule has 0 radical (unpaired) electrons. The molecule has 1 fully saturated rings. The quantitative estimate of drug-likeness (QED) is 0.697. The number of hydrogen-bond acceptors (Lipinski definition) is 4. The monoisotopic (exact) mass is 418 g/mol. The standard InChI is InChI=1S/C20H23BrN2O3/c1-14(20(24)23-17-6-4-15(21)5-7-17)22-16-8-10-18(11-9-16)26-13-19-3-2-12-25-19/h4-11,14,19,22H,2-3,12-13H2,1H3,(H,23,24). The molecular weight excluding hydrogens is 396 g/mol. The summed E-state index contributed by atoms with van der Waals surface area (Å²) in [5.74, 6) is 0.712. The molecule has 1 aliphatic rings. The minimum absolute atomic E-state index is 0.0916. The zero-order valence-corrected chi connectivity index (χ0v) is 16.3. The third kappa shape index (κ3) is 5.47. The van der Waals surface area contributed by atoms with Gasteiger partial charge in [-0.15, -0.1) is 0 Å². The Morgan fingerprint density at radius 2 is 1.88 bits per heavy atom. The molecule has 2 aromatic rings. The molecule has 1 saturated heterocycles. The van der Waals surface area contributed by atoms with Crippen molar-refractivity contribution >= 4 is 33.2 Å². The summed E-state index contributed by atoms with van der Waals surface area (Å²) in [7, 11) is 0. The molecule has 3 rings (SSSR count). The van der Waals surface area contributed by atoms with Gasteiger partial charge in [0.2, 0.25) is 5.91 Å². The minimum Gasteiger partial charge on any atom is -0.491 e. The number of halogens is 1. The van der Waals surface area contributed by atoms with Gasteiger partial charge in [0, 0.05) is 22.5 Å². The number of carbonyl (C=O) groups is 1. The van der Waals surface area contributed by atoms with Gasteiger partial charge in [0.15, 0.2) is 0 Å². The molecule has 2 atom stereocenters. The van der Waals surface area contributed by atoms with Gasteiger partial charge in [-0.05, 0) is 68.3 Å². The lowest BCUT2D eigenvalue weighted by atomic mass is 10.2. The van der Waals surface area contributed by atoms with Gasteiger partial charge in [-0.2, -0.15) is 0 Å². The van der Waals surface area contributed by atoms with Gasteiger partial charge in [0.1, 0.15) is 18.4 Å². The third-order valence-electron chi connectivity index (χ3n) is 4.20. The van der Waals surface area contributed by atoms with E-state index in [-0.39, 0.29) is 18.1 Å². The van der Waals surface area contributed by atoms with Gasteiger partial charge >= 0.3 is 0 Å². The number of benzene rings is 2. The number of ether oxygens (including phenoxy) is 2. The van der Waals surface area contributed by atoms with Crippen LogP contribution in [0.15, 0.2) is 53.0 Å². The maximum atomic E-state index is 12.3. The smallest absolute Gasteiger partial charge is 0.246 e. The van der Waals surface area contributed by atoms with Crippen LogP contribution >= 0.6 is 15.9 Å². The molecule has 0 saturated carbocycles. The van der Waals surface area contributed by atoms with Crippen molar-refractivity contribution in [2.24, 2.45) is 0 Å². The van der Waals surface area contributed by atoms with Crippen molar-refractivity contribution in [3.8, 4) is 5.75 Å². The largest absolute Gasteiger partial charge is 0.491 e. The van der Waals surface area contributed by atoms with Crippen LogP contribution in [0.1, 0.15) is 19.8 Å². The van der Waals surface area contributed by atoms with E-state index in [1.807, 2.05) is 55.5 Å². The van der Waals surface area contributed by atoms with E-state index >= 15 is 0 Å². The van der Waals surface area contributed by atoms with Gasteiger partial charge in [0.25, 0.3) is 0 Å². The van der Waals surface area contributed by atoms with E-state index in [0.29, 0.717) is 6.61 Å². The highest BCUT2D eigenvalue weighted by Crippen LogP contribution is 2.19. The predicted octanol–water partition coefficient (Wildman–Crippen LogP) is 4.45. The second kappa shape index (κ2) is 9.05. The fraction of sp³-hybridized carbons (Fsp3) is 0.350. The highest BCUT2D eigenvalue weighted by atomic mass is 79.9. The van der Waals surface area contributed by atoms with Crippen LogP contribution in [0.2, 0.25) is 0 Å². The van der Waals surface area contributed by atoms with E-state index in [1.54, 1.807) is 0 Å². The second-order valence-electron chi connectivity index (χ2n) is 6.33. The van der Waals surface area contributed by atoms with E-state index in [2.05, 4.69) is 26.6 Å². The molecule has 26 heavy (non-hydrogen) atoms. The summed E-state index contributed by atoms with van der Waals surface area (Å²) in [4.78, 5) is 12.3. The van der Waals surface area contributed by atoms with Crippen molar-refractivity contribution in [3.05, 3.63) is 53.0 Å². The summed E-state index contributed by atoms with van der Waals surface area (Å²) in [6.45, 7) is 3.24. The van der Waals surface area contributed by atoms with Crippen LogP contribution in [0.4, 0.5) is 11.4 Å². The average molecular weight is 419 g/mol. The lowest BCUT2D eigenvalue weighted by Gasteiger charge is -2.16. The van der Waals surface area contributed by atoms with Crippen molar-refractivity contribution in [1.82, 2.24) is 0 Å². The normalized spacial score (nSPS) is 17.5. The van der Waals surface area contributed by atoms with Crippen molar-refractivity contribution in [2.75, 3.05) is 23.8 Å². The Morgan fingerprint density at radius 1 is 1.19 bits per heavy atom. The molecule has 0 aliphatic carbocycles. The molecule has 0 aromatic heterocycles. The first-order valence-corrected chi connectivity index (χ1v) is 9.57. The van der Waals surface area contributed by atoms with Crippen LogP contribution in [0.5, 0.6) is 5.75 Å². The number of anilines is 2. The summed E-state index contributed by atoms with van der Waals surface area (Å²) < 4.78 is 12.3. The first-order chi connectivity index (χ1) is 12.6. The van der Waals surface area contributed by atoms with E-state index in [0.717, 1.165) is 41.0 Å². The van der Waals surface area contributed by atoms with Gasteiger partial charge in [0.05, 0.1) is 6.10 Å². The van der Waals surface area contributed by atoms with Crippen molar-refractivity contribution in [2.45, 2.75) is 31.9 Å².